The van der Waals surface area contributed by atoms with Crippen LogP contribution in [-0.4, -0.2) is 22.9 Å². The summed E-state index contributed by atoms with van der Waals surface area (Å²) in [7, 11) is 0. The zero-order valence-electron chi connectivity index (χ0n) is 10.7. The van der Waals surface area contributed by atoms with E-state index in [1.165, 1.54) is 57.8 Å². The Morgan fingerprint density at radius 1 is 1.06 bits per heavy atom. The van der Waals surface area contributed by atoms with E-state index in [0.29, 0.717) is 17.4 Å². The number of rotatable bonds is 1. The second kappa shape index (κ2) is 3.49. The number of amides is 1. The van der Waals surface area contributed by atoms with Crippen molar-refractivity contribution in [2.45, 2.75) is 63.3 Å². The van der Waals surface area contributed by atoms with Gasteiger partial charge in [0.05, 0.1) is 0 Å². The van der Waals surface area contributed by atoms with Crippen molar-refractivity contribution in [2.24, 2.45) is 17.8 Å². The summed E-state index contributed by atoms with van der Waals surface area (Å²) in [6.45, 7) is 1.06. The van der Waals surface area contributed by atoms with Crippen LogP contribution in [0, 0.1) is 17.8 Å². The van der Waals surface area contributed by atoms with Gasteiger partial charge in [0, 0.05) is 18.0 Å². The minimum atomic E-state index is 0.369. The Labute approximate surface area is 104 Å². The summed E-state index contributed by atoms with van der Waals surface area (Å²) < 4.78 is 0. The van der Waals surface area contributed by atoms with Gasteiger partial charge in [-0.15, -0.1) is 0 Å². The van der Waals surface area contributed by atoms with Crippen LogP contribution in [0.25, 0.3) is 0 Å². The zero-order chi connectivity index (χ0) is 11.5. The van der Waals surface area contributed by atoms with Crippen LogP contribution in [0.3, 0.4) is 0 Å². The van der Waals surface area contributed by atoms with Gasteiger partial charge in [-0.2, -0.15) is 0 Å². The lowest BCUT2D eigenvalue weighted by molar-refractivity contribution is -0.165. The van der Waals surface area contributed by atoms with Crippen molar-refractivity contribution < 1.29 is 4.79 Å². The van der Waals surface area contributed by atoms with Crippen LogP contribution in [0.15, 0.2) is 0 Å². The van der Waals surface area contributed by atoms with E-state index in [1.54, 1.807) is 0 Å². The SMILES string of the molecule is O=C(C1CC2CCC1CC2)N1CCC12CCC2. The molecule has 4 saturated carbocycles. The van der Waals surface area contributed by atoms with Gasteiger partial charge in [-0.3, -0.25) is 4.79 Å². The molecule has 2 bridgehead atoms. The third-order valence-electron chi connectivity index (χ3n) is 6.29. The first-order valence-electron chi connectivity index (χ1n) is 7.60. The molecule has 2 nitrogen and oxygen atoms in total. The first-order chi connectivity index (χ1) is 8.28. The fraction of sp³-hybridized carbons (Fsp3) is 0.933. The topological polar surface area (TPSA) is 20.3 Å². The standard InChI is InChI=1S/C15H23NO/c17-14(16-9-8-15(16)6-1-7-15)13-10-11-2-4-12(13)5-3-11/h11-13H,1-10H2. The van der Waals surface area contributed by atoms with E-state index in [9.17, 15) is 4.79 Å². The van der Waals surface area contributed by atoms with E-state index < -0.39 is 0 Å². The molecule has 0 aromatic carbocycles. The molecule has 2 heteroatoms. The Kier molecular flexibility index (Phi) is 2.13. The van der Waals surface area contributed by atoms with Crippen LogP contribution in [0.2, 0.25) is 0 Å². The molecule has 5 aliphatic rings. The summed E-state index contributed by atoms with van der Waals surface area (Å²) >= 11 is 0. The van der Waals surface area contributed by atoms with Crippen molar-refractivity contribution in [1.29, 1.82) is 0 Å². The van der Waals surface area contributed by atoms with Crippen LogP contribution < -0.4 is 0 Å². The Morgan fingerprint density at radius 3 is 2.24 bits per heavy atom. The molecule has 0 radical (unpaired) electrons. The van der Waals surface area contributed by atoms with E-state index in [1.807, 2.05) is 0 Å². The van der Waals surface area contributed by atoms with Crippen molar-refractivity contribution in [2.75, 3.05) is 6.54 Å². The second-order valence-corrected chi connectivity index (χ2v) is 6.94. The number of carbonyl (C=O) groups excluding carboxylic acids is 1. The lowest BCUT2D eigenvalue weighted by Crippen LogP contribution is -2.67. The summed E-state index contributed by atoms with van der Waals surface area (Å²) in [5, 5.41) is 0. The molecule has 1 unspecified atom stereocenters. The first-order valence-corrected chi connectivity index (χ1v) is 7.60. The Hall–Kier alpha value is -0.530. The molecule has 94 valence electrons. The molecule has 1 amide bonds. The minimum absolute atomic E-state index is 0.369. The van der Waals surface area contributed by atoms with Gasteiger partial charge in [0.1, 0.15) is 0 Å². The van der Waals surface area contributed by atoms with Gasteiger partial charge in [0.25, 0.3) is 0 Å². The molecule has 1 heterocycles. The van der Waals surface area contributed by atoms with Gasteiger partial charge >= 0.3 is 0 Å². The molecule has 0 aromatic rings. The van der Waals surface area contributed by atoms with E-state index >= 15 is 0 Å². The molecule has 17 heavy (non-hydrogen) atoms. The molecule has 1 atom stereocenters. The normalized spacial score (nSPS) is 42.1. The second-order valence-electron chi connectivity index (χ2n) is 6.94. The largest absolute Gasteiger partial charge is 0.337 e. The van der Waals surface area contributed by atoms with E-state index in [4.69, 9.17) is 0 Å². The van der Waals surface area contributed by atoms with Gasteiger partial charge in [-0.05, 0) is 56.8 Å². The molecule has 1 saturated heterocycles. The maximum Gasteiger partial charge on any atom is 0.226 e. The predicted octanol–water partition coefficient (Wildman–Crippen LogP) is 2.97. The van der Waals surface area contributed by atoms with Gasteiger partial charge < -0.3 is 4.90 Å². The monoisotopic (exact) mass is 233 g/mol. The summed E-state index contributed by atoms with van der Waals surface area (Å²) in [6.07, 6.45) is 11.9. The van der Waals surface area contributed by atoms with Gasteiger partial charge in [-0.25, -0.2) is 0 Å². The van der Waals surface area contributed by atoms with E-state index in [2.05, 4.69) is 4.90 Å². The van der Waals surface area contributed by atoms with Crippen molar-refractivity contribution in [1.82, 2.24) is 4.90 Å². The zero-order valence-corrected chi connectivity index (χ0v) is 10.7. The first kappa shape index (κ1) is 10.4. The average Bonchev–Trinajstić information content (AvgIpc) is 2.27. The molecule has 0 aromatic heterocycles. The molecule has 1 aliphatic heterocycles. The summed E-state index contributed by atoms with van der Waals surface area (Å²) in [5.41, 5.74) is 0.369. The molecule has 5 fully saturated rings. The molecule has 4 aliphatic carbocycles. The molecular formula is C15H23NO. The summed E-state index contributed by atoms with van der Waals surface area (Å²) in [5.74, 6) is 2.59. The predicted molar refractivity (Wildman–Crippen MR) is 66.5 cm³/mol. The number of hydrogen-bond acceptors (Lipinski definition) is 1. The van der Waals surface area contributed by atoms with Gasteiger partial charge in [0.2, 0.25) is 5.91 Å². The van der Waals surface area contributed by atoms with Crippen molar-refractivity contribution >= 4 is 5.91 Å². The van der Waals surface area contributed by atoms with E-state index in [0.717, 1.165) is 18.4 Å². The Morgan fingerprint density at radius 2 is 1.82 bits per heavy atom. The number of fused-ring (bicyclic) bond motifs is 3. The van der Waals surface area contributed by atoms with Crippen LogP contribution >= 0.6 is 0 Å². The number of nitrogens with zero attached hydrogens (tertiary/aromatic N) is 1. The van der Waals surface area contributed by atoms with E-state index in [-0.39, 0.29) is 0 Å². The molecular weight excluding hydrogens is 210 g/mol. The molecule has 1 spiro atoms. The fourth-order valence-electron chi connectivity index (χ4n) is 4.87. The lowest BCUT2D eigenvalue weighted by Gasteiger charge is -2.60. The Bertz CT molecular complexity index is 333. The number of likely N-dealkylation sites (tertiary alicyclic amines) is 1. The van der Waals surface area contributed by atoms with Crippen molar-refractivity contribution in [3.05, 3.63) is 0 Å². The van der Waals surface area contributed by atoms with Gasteiger partial charge in [0.15, 0.2) is 0 Å². The quantitative estimate of drug-likeness (QED) is 0.682. The maximum absolute atomic E-state index is 12.7. The molecule has 5 rings (SSSR count). The minimum Gasteiger partial charge on any atom is -0.337 e. The smallest absolute Gasteiger partial charge is 0.226 e. The fourth-order valence-corrected chi connectivity index (χ4v) is 4.87. The maximum atomic E-state index is 12.7. The third kappa shape index (κ3) is 1.36. The van der Waals surface area contributed by atoms with Crippen molar-refractivity contribution in [3.8, 4) is 0 Å². The van der Waals surface area contributed by atoms with Crippen molar-refractivity contribution in [3.63, 3.8) is 0 Å². The number of carbonyl (C=O) groups is 1. The summed E-state index contributed by atoms with van der Waals surface area (Å²) in [4.78, 5) is 15.0. The highest BCUT2D eigenvalue weighted by Crippen LogP contribution is 2.51. The molecule has 0 N–H and O–H groups in total. The number of hydrogen-bond donors (Lipinski definition) is 0. The highest BCUT2D eigenvalue weighted by atomic mass is 16.2. The highest BCUT2D eigenvalue weighted by molar-refractivity contribution is 5.81. The van der Waals surface area contributed by atoms with Crippen LogP contribution in [0.5, 0.6) is 0 Å². The average molecular weight is 233 g/mol. The van der Waals surface area contributed by atoms with Crippen LogP contribution in [-0.2, 0) is 4.79 Å². The lowest BCUT2D eigenvalue weighted by atomic mass is 9.62. The summed E-state index contributed by atoms with van der Waals surface area (Å²) in [6, 6.07) is 0. The van der Waals surface area contributed by atoms with Gasteiger partial charge in [-0.1, -0.05) is 12.8 Å². The third-order valence-corrected chi connectivity index (χ3v) is 6.29. The highest BCUT2D eigenvalue weighted by Gasteiger charge is 2.53. The van der Waals surface area contributed by atoms with Crippen LogP contribution in [0.4, 0.5) is 0 Å². The van der Waals surface area contributed by atoms with Crippen LogP contribution in [0.1, 0.15) is 57.8 Å². The Balaban J connectivity index is 1.50.